The number of fused-ring (bicyclic) bond motifs is 1. The van der Waals surface area contributed by atoms with Gasteiger partial charge in [0.1, 0.15) is 12.4 Å². The van der Waals surface area contributed by atoms with Crippen LogP contribution in [0.3, 0.4) is 0 Å². The third-order valence-electron chi connectivity index (χ3n) is 6.87. The molecule has 218 valence electrons. The molecule has 3 aromatic heterocycles. The number of para-hydroxylation sites is 1. The summed E-state index contributed by atoms with van der Waals surface area (Å²) in [4.78, 5) is 13.2. The van der Waals surface area contributed by atoms with Gasteiger partial charge in [-0.1, -0.05) is 31.8 Å². The number of ether oxygens (including phenoxy) is 1. The fourth-order valence-corrected chi connectivity index (χ4v) is 5.32. The Balaban J connectivity index is 1.38. The second-order valence-electron chi connectivity index (χ2n) is 11.5. The van der Waals surface area contributed by atoms with E-state index in [-0.39, 0.29) is 5.91 Å². The number of aromatic nitrogens is 5. The minimum Gasteiger partial charge on any atom is -0.360 e. The summed E-state index contributed by atoms with van der Waals surface area (Å²) in [6.45, 7) is 10.4. The first kappa shape index (κ1) is 29.0. The molecule has 0 saturated heterocycles. The van der Waals surface area contributed by atoms with Gasteiger partial charge in [0.15, 0.2) is 0 Å². The van der Waals surface area contributed by atoms with Crippen LogP contribution in [0, 0.1) is 6.92 Å². The largest absolute Gasteiger partial charge is 0.360 e. The van der Waals surface area contributed by atoms with Crippen LogP contribution in [-0.2, 0) is 25.1 Å². The van der Waals surface area contributed by atoms with Crippen LogP contribution in [0.1, 0.15) is 27.4 Å². The standard InChI is InChI=1S/C31H38N8O2Si/c1-23-18-25(37(2)35-23)20-32-31(40)27-10-6-7-11-28(27)34-24-12-13-26-29(21-33-38-14-8-9-15-38)36-39(30(26)19-24)22-41-16-17-42(3,4)5/h6-15,18-19,21,34H,16-17,20,22H2,1-5H3,(H,32,40)/b33-21+. The van der Waals surface area contributed by atoms with Gasteiger partial charge >= 0.3 is 0 Å². The van der Waals surface area contributed by atoms with Gasteiger partial charge in [-0.15, -0.1) is 0 Å². The van der Waals surface area contributed by atoms with E-state index < -0.39 is 8.07 Å². The predicted octanol–water partition coefficient (Wildman–Crippen LogP) is 5.75. The molecule has 2 N–H and O–H groups in total. The molecule has 0 aliphatic heterocycles. The second-order valence-corrected chi connectivity index (χ2v) is 17.1. The fourth-order valence-electron chi connectivity index (χ4n) is 4.57. The lowest BCUT2D eigenvalue weighted by atomic mass is 10.1. The minimum atomic E-state index is -1.21. The molecule has 0 bridgehead atoms. The van der Waals surface area contributed by atoms with Crippen LogP contribution in [0.5, 0.6) is 0 Å². The van der Waals surface area contributed by atoms with Crippen molar-refractivity contribution >= 4 is 42.5 Å². The van der Waals surface area contributed by atoms with Crippen molar-refractivity contribution in [3.63, 3.8) is 0 Å². The number of benzene rings is 2. The molecule has 0 spiro atoms. The van der Waals surface area contributed by atoms with E-state index in [1.54, 1.807) is 15.6 Å². The van der Waals surface area contributed by atoms with Gasteiger partial charge in [0.2, 0.25) is 0 Å². The number of aryl methyl sites for hydroxylation is 2. The van der Waals surface area contributed by atoms with Gasteiger partial charge in [0, 0.05) is 45.2 Å². The second kappa shape index (κ2) is 12.6. The highest BCUT2D eigenvalue weighted by molar-refractivity contribution is 6.76. The Morgan fingerprint density at radius 3 is 2.57 bits per heavy atom. The van der Waals surface area contributed by atoms with E-state index >= 15 is 0 Å². The number of hydrogen-bond donors (Lipinski definition) is 2. The van der Waals surface area contributed by atoms with Crippen LogP contribution in [0.25, 0.3) is 10.9 Å². The van der Waals surface area contributed by atoms with Crippen LogP contribution in [0.4, 0.5) is 11.4 Å². The Bertz CT molecular complexity index is 1700. The molecule has 10 nitrogen and oxygen atoms in total. The smallest absolute Gasteiger partial charge is 0.253 e. The molecular formula is C31H38N8O2Si. The molecule has 5 aromatic rings. The van der Waals surface area contributed by atoms with Crippen molar-refractivity contribution in [2.75, 3.05) is 11.9 Å². The molecule has 5 rings (SSSR count). The van der Waals surface area contributed by atoms with E-state index in [0.717, 1.165) is 39.7 Å². The average Bonchev–Trinajstić information content (AvgIpc) is 3.67. The van der Waals surface area contributed by atoms with Crippen molar-refractivity contribution in [1.82, 2.24) is 29.6 Å². The first-order valence-corrected chi connectivity index (χ1v) is 17.8. The summed E-state index contributed by atoms with van der Waals surface area (Å²) in [5.74, 6) is -0.164. The number of hydrogen-bond acceptors (Lipinski definition) is 6. The molecule has 0 saturated carbocycles. The summed E-state index contributed by atoms with van der Waals surface area (Å²) in [5, 5.41) is 21.1. The monoisotopic (exact) mass is 582 g/mol. The summed E-state index contributed by atoms with van der Waals surface area (Å²) in [7, 11) is 0.668. The van der Waals surface area contributed by atoms with Crippen LogP contribution in [0.15, 0.2) is 78.2 Å². The third kappa shape index (κ3) is 7.23. The molecule has 0 atom stereocenters. The van der Waals surface area contributed by atoms with Crippen LogP contribution < -0.4 is 10.6 Å². The van der Waals surface area contributed by atoms with Crippen molar-refractivity contribution in [2.45, 2.75) is 45.9 Å². The molecule has 1 amide bonds. The molecule has 2 aromatic carbocycles. The molecule has 0 aliphatic carbocycles. The number of amides is 1. The van der Waals surface area contributed by atoms with Crippen molar-refractivity contribution in [2.24, 2.45) is 12.1 Å². The summed E-state index contributed by atoms with van der Waals surface area (Å²) in [6, 6.07) is 20.4. The van der Waals surface area contributed by atoms with Gasteiger partial charge < -0.3 is 15.4 Å². The number of carbonyl (C=O) groups excluding carboxylic acids is 1. The molecule has 0 unspecified atom stereocenters. The van der Waals surface area contributed by atoms with Gasteiger partial charge in [-0.25, -0.2) is 9.36 Å². The number of rotatable bonds is 12. The van der Waals surface area contributed by atoms with Gasteiger partial charge in [-0.2, -0.15) is 15.3 Å². The third-order valence-corrected chi connectivity index (χ3v) is 8.58. The van der Waals surface area contributed by atoms with Crippen molar-refractivity contribution in [3.8, 4) is 0 Å². The lowest BCUT2D eigenvalue weighted by Gasteiger charge is -2.15. The minimum absolute atomic E-state index is 0.164. The van der Waals surface area contributed by atoms with Gasteiger partial charge in [-0.3, -0.25) is 9.48 Å². The highest BCUT2D eigenvalue weighted by atomic mass is 28.3. The topological polar surface area (TPSA) is 103 Å². The van der Waals surface area contributed by atoms with Crippen molar-refractivity contribution in [1.29, 1.82) is 0 Å². The van der Waals surface area contributed by atoms with E-state index in [1.807, 2.05) is 91.7 Å². The maximum Gasteiger partial charge on any atom is 0.253 e. The molecule has 0 radical (unpaired) electrons. The number of nitrogens with zero attached hydrogens (tertiary/aromatic N) is 6. The zero-order valence-corrected chi connectivity index (χ0v) is 25.8. The highest BCUT2D eigenvalue weighted by Crippen LogP contribution is 2.26. The Morgan fingerprint density at radius 2 is 1.83 bits per heavy atom. The van der Waals surface area contributed by atoms with E-state index in [4.69, 9.17) is 9.84 Å². The lowest BCUT2D eigenvalue weighted by Crippen LogP contribution is -2.24. The van der Waals surface area contributed by atoms with E-state index in [2.05, 4.69) is 40.5 Å². The van der Waals surface area contributed by atoms with Crippen LogP contribution >= 0.6 is 0 Å². The molecule has 3 heterocycles. The zero-order chi connectivity index (χ0) is 29.7. The average molecular weight is 583 g/mol. The summed E-state index contributed by atoms with van der Waals surface area (Å²) in [6.07, 6.45) is 5.52. The Morgan fingerprint density at radius 1 is 1.05 bits per heavy atom. The zero-order valence-electron chi connectivity index (χ0n) is 24.8. The van der Waals surface area contributed by atoms with Crippen molar-refractivity contribution < 1.29 is 9.53 Å². The Kier molecular flexibility index (Phi) is 8.69. The first-order chi connectivity index (χ1) is 20.2. The first-order valence-electron chi connectivity index (χ1n) is 14.1. The normalized spacial score (nSPS) is 11.9. The lowest BCUT2D eigenvalue weighted by molar-refractivity contribution is 0.0816. The van der Waals surface area contributed by atoms with Crippen LogP contribution in [-0.4, -0.2) is 51.0 Å². The maximum absolute atomic E-state index is 13.2. The van der Waals surface area contributed by atoms with Crippen LogP contribution in [0.2, 0.25) is 25.7 Å². The van der Waals surface area contributed by atoms with E-state index in [9.17, 15) is 4.79 Å². The Labute approximate surface area is 247 Å². The van der Waals surface area contributed by atoms with E-state index in [1.165, 1.54) is 0 Å². The molecule has 11 heteroatoms. The SMILES string of the molecule is Cc1cc(CNC(=O)c2ccccc2Nc2ccc3c(/C=N/n4cccc4)nn(COCC[Si](C)(C)C)c3c2)n(C)n1. The van der Waals surface area contributed by atoms with Gasteiger partial charge in [-0.05, 0) is 61.5 Å². The predicted molar refractivity (Wildman–Crippen MR) is 170 cm³/mol. The van der Waals surface area contributed by atoms with Gasteiger partial charge in [0.25, 0.3) is 5.91 Å². The summed E-state index contributed by atoms with van der Waals surface area (Å²) < 4.78 is 11.4. The number of carbonyl (C=O) groups is 1. The van der Waals surface area contributed by atoms with Gasteiger partial charge in [0.05, 0.1) is 40.9 Å². The summed E-state index contributed by atoms with van der Waals surface area (Å²) in [5.41, 5.74) is 5.62. The maximum atomic E-state index is 13.2. The highest BCUT2D eigenvalue weighted by Gasteiger charge is 2.16. The summed E-state index contributed by atoms with van der Waals surface area (Å²) >= 11 is 0. The fraction of sp³-hybridized carbons (Fsp3) is 0.290. The number of anilines is 2. The Hall–Kier alpha value is -4.48. The molecular weight excluding hydrogens is 544 g/mol. The molecule has 42 heavy (non-hydrogen) atoms. The number of nitrogens with one attached hydrogen (secondary N) is 2. The quantitative estimate of drug-likeness (QED) is 0.111. The molecule has 0 fully saturated rings. The van der Waals surface area contributed by atoms with E-state index in [0.29, 0.717) is 31.1 Å². The molecule has 0 aliphatic rings. The van der Waals surface area contributed by atoms with Crippen molar-refractivity contribution in [3.05, 3.63) is 95.7 Å².